The highest BCUT2D eigenvalue weighted by Crippen LogP contribution is 2.25. The molecule has 0 aliphatic carbocycles. The van der Waals surface area contributed by atoms with Crippen LogP contribution >= 0.6 is 11.6 Å². The van der Waals surface area contributed by atoms with Crippen molar-refractivity contribution in [2.24, 2.45) is 0 Å². The lowest BCUT2D eigenvalue weighted by Crippen LogP contribution is -2.52. The summed E-state index contributed by atoms with van der Waals surface area (Å²) in [6, 6.07) is 11.4. The summed E-state index contributed by atoms with van der Waals surface area (Å²) in [5.41, 5.74) is 4.18. The van der Waals surface area contributed by atoms with Crippen molar-refractivity contribution in [2.45, 2.75) is 27.2 Å². The van der Waals surface area contributed by atoms with Gasteiger partial charge in [-0.25, -0.2) is 0 Å². The fourth-order valence-electron chi connectivity index (χ4n) is 3.47. The van der Waals surface area contributed by atoms with Crippen molar-refractivity contribution in [2.75, 3.05) is 32.8 Å². The molecule has 0 spiro atoms. The molecular weight excluding hydrogens is 388 g/mol. The maximum atomic E-state index is 12.6. The van der Waals surface area contributed by atoms with E-state index in [4.69, 9.17) is 16.3 Å². The molecule has 1 fully saturated rings. The Kier molecular flexibility index (Phi) is 6.80. The Morgan fingerprint density at radius 1 is 0.862 bits per heavy atom. The molecule has 0 atom stereocenters. The molecule has 0 unspecified atom stereocenters. The average Bonchev–Trinajstić information content (AvgIpc) is 2.72. The third-order valence-corrected chi connectivity index (χ3v) is 5.72. The number of carbonyl (C=O) groups excluding carboxylic acids is 2. The van der Waals surface area contributed by atoms with Crippen LogP contribution in [0.3, 0.4) is 0 Å². The lowest BCUT2D eigenvalue weighted by Gasteiger charge is -2.35. The minimum Gasteiger partial charge on any atom is -0.483 e. The van der Waals surface area contributed by atoms with E-state index in [0.29, 0.717) is 37.6 Å². The molecule has 6 heteroatoms. The lowest BCUT2D eigenvalue weighted by molar-refractivity contribution is -0.140. The topological polar surface area (TPSA) is 49.9 Å². The molecule has 154 valence electrons. The Morgan fingerprint density at radius 2 is 1.41 bits per heavy atom. The van der Waals surface area contributed by atoms with Crippen LogP contribution < -0.4 is 4.74 Å². The minimum absolute atomic E-state index is 0.0177. The number of halogens is 1. The minimum atomic E-state index is -0.0462. The van der Waals surface area contributed by atoms with Crippen LogP contribution in [-0.2, 0) is 16.0 Å². The van der Waals surface area contributed by atoms with Gasteiger partial charge in [-0.05, 0) is 55.2 Å². The van der Waals surface area contributed by atoms with Gasteiger partial charge >= 0.3 is 0 Å². The highest BCUT2D eigenvalue weighted by Gasteiger charge is 2.24. The first-order valence-electron chi connectivity index (χ1n) is 9.84. The first-order chi connectivity index (χ1) is 13.8. The third-order valence-electron chi connectivity index (χ3n) is 5.47. The molecule has 1 saturated heterocycles. The van der Waals surface area contributed by atoms with Gasteiger partial charge in [-0.1, -0.05) is 35.9 Å². The largest absolute Gasteiger partial charge is 0.483 e. The number of nitrogens with zero attached hydrogens (tertiary/aromatic N) is 2. The predicted molar refractivity (Wildman–Crippen MR) is 114 cm³/mol. The number of benzene rings is 2. The zero-order valence-electron chi connectivity index (χ0n) is 17.2. The maximum Gasteiger partial charge on any atom is 0.260 e. The number of piperazine rings is 1. The molecule has 2 amide bonds. The summed E-state index contributed by atoms with van der Waals surface area (Å²) in [6.07, 6.45) is 0.347. The van der Waals surface area contributed by atoms with E-state index in [9.17, 15) is 9.59 Å². The van der Waals surface area contributed by atoms with E-state index in [1.54, 1.807) is 17.0 Å². The zero-order chi connectivity index (χ0) is 21.0. The van der Waals surface area contributed by atoms with Gasteiger partial charge < -0.3 is 14.5 Å². The molecular formula is C23H27ClN2O3. The Balaban J connectivity index is 1.49. The first-order valence-corrected chi connectivity index (χ1v) is 10.2. The van der Waals surface area contributed by atoms with Gasteiger partial charge in [0, 0.05) is 31.2 Å². The highest BCUT2D eigenvalue weighted by atomic mass is 35.5. The molecule has 0 saturated carbocycles. The molecule has 1 aliphatic heterocycles. The normalized spacial score (nSPS) is 14.1. The van der Waals surface area contributed by atoms with Gasteiger partial charge in [0.15, 0.2) is 6.61 Å². The van der Waals surface area contributed by atoms with Gasteiger partial charge in [-0.2, -0.15) is 0 Å². The summed E-state index contributed by atoms with van der Waals surface area (Å²) in [5, 5.41) is 0.659. The van der Waals surface area contributed by atoms with Crippen LogP contribution in [0.2, 0.25) is 5.02 Å². The molecule has 0 N–H and O–H groups in total. The standard InChI is InChI=1S/C23H27ClN2O3/c1-16-4-5-17(2)23(18(16)3)29-15-22(28)26-12-10-25(11-13-26)21(27)14-19-6-8-20(24)9-7-19/h4-9H,10-15H2,1-3H3. The maximum absolute atomic E-state index is 12.6. The van der Waals surface area contributed by atoms with Crippen molar-refractivity contribution in [3.8, 4) is 5.75 Å². The van der Waals surface area contributed by atoms with Gasteiger partial charge in [0.2, 0.25) is 5.91 Å². The summed E-state index contributed by atoms with van der Waals surface area (Å²) in [7, 11) is 0. The van der Waals surface area contributed by atoms with E-state index in [1.165, 1.54) is 0 Å². The summed E-state index contributed by atoms with van der Waals surface area (Å²) in [6.45, 7) is 8.18. The molecule has 1 aliphatic rings. The second-order valence-corrected chi connectivity index (χ2v) is 7.94. The highest BCUT2D eigenvalue weighted by molar-refractivity contribution is 6.30. The van der Waals surface area contributed by atoms with Crippen LogP contribution in [0, 0.1) is 20.8 Å². The summed E-state index contributed by atoms with van der Waals surface area (Å²) >= 11 is 5.89. The van der Waals surface area contributed by atoms with Crippen molar-refractivity contribution in [3.63, 3.8) is 0 Å². The number of aryl methyl sites for hydroxylation is 2. The molecule has 2 aromatic carbocycles. The number of amides is 2. The number of hydrogen-bond acceptors (Lipinski definition) is 3. The van der Waals surface area contributed by atoms with Gasteiger partial charge in [-0.3, -0.25) is 9.59 Å². The van der Waals surface area contributed by atoms with Gasteiger partial charge in [0.1, 0.15) is 5.75 Å². The predicted octanol–water partition coefficient (Wildman–Crippen LogP) is 3.56. The first kappa shape index (κ1) is 21.2. The quantitative estimate of drug-likeness (QED) is 0.751. The van der Waals surface area contributed by atoms with Crippen LogP contribution in [0.15, 0.2) is 36.4 Å². The Labute approximate surface area is 177 Å². The number of rotatable bonds is 5. The van der Waals surface area contributed by atoms with E-state index < -0.39 is 0 Å². The van der Waals surface area contributed by atoms with Crippen LogP contribution in [0.25, 0.3) is 0 Å². The number of hydrogen-bond donors (Lipinski definition) is 0. The number of carbonyl (C=O) groups is 2. The van der Waals surface area contributed by atoms with Crippen molar-refractivity contribution >= 4 is 23.4 Å². The van der Waals surface area contributed by atoms with Crippen LogP contribution in [0.4, 0.5) is 0 Å². The molecule has 3 rings (SSSR count). The molecule has 0 radical (unpaired) electrons. The smallest absolute Gasteiger partial charge is 0.260 e. The third kappa shape index (κ3) is 5.30. The summed E-state index contributed by atoms with van der Waals surface area (Å²) in [5.74, 6) is 0.812. The van der Waals surface area contributed by atoms with Crippen LogP contribution in [0.1, 0.15) is 22.3 Å². The van der Waals surface area contributed by atoms with E-state index >= 15 is 0 Å². The van der Waals surface area contributed by atoms with Gasteiger partial charge in [0.25, 0.3) is 5.91 Å². The second-order valence-electron chi connectivity index (χ2n) is 7.51. The monoisotopic (exact) mass is 414 g/mol. The van der Waals surface area contributed by atoms with E-state index in [1.807, 2.05) is 43.9 Å². The zero-order valence-corrected chi connectivity index (χ0v) is 18.0. The lowest BCUT2D eigenvalue weighted by atomic mass is 10.1. The average molecular weight is 415 g/mol. The summed E-state index contributed by atoms with van der Waals surface area (Å²) in [4.78, 5) is 28.7. The molecule has 29 heavy (non-hydrogen) atoms. The molecule has 2 aromatic rings. The van der Waals surface area contributed by atoms with E-state index in [0.717, 1.165) is 28.0 Å². The fraction of sp³-hybridized carbons (Fsp3) is 0.391. The molecule has 5 nitrogen and oxygen atoms in total. The van der Waals surface area contributed by atoms with Crippen LogP contribution in [-0.4, -0.2) is 54.4 Å². The Hall–Kier alpha value is -2.53. The molecule has 0 bridgehead atoms. The van der Waals surface area contributed by atoms with Crippen molar-refractivity contribution in [1.82, 2.24) is 9.80 Å². The Morgan fingerprint density at radius 3 is 2.03 bits per heavy atom. The van der Waals surface area contributed by atoms with Crippen molar-refractivity contribution < 1.29 is 14.3 Å². The second kappa shape index (κ2) is 9.31. The van der Waals surface area contributed by atoms with Crippen molar-refractivity contribution in [3.05, 3.63) is 63.7 Å². The van der Waals surface area contributed by atoms with E-state index in [2.05, 4.69) is 6.07 Å². The molecule has 1 heterocycles. The number of ether oxygens (including phenoxy) is 1. The summed E-state index contributed by atoms with van der Waals surface area (Å²) < 4.78 is 5.84. The van der Waals surface area contributed by atoms with Gasteiger partial charge in [0.05, 0.1) is 6.42 Å². The SMILES string of the molecule is Cc1ccc(C)c(OCC(=O)N2CCN(C(=O)Cc3ccc(Cl)cc3)CC2)c1C. The van der Waals surface area contributed by atoms with E-state index in [-0.39, 0.29) is 18.4 Å². The Bertz CT molecular complexity index is 888. The fourth-order valence-corrected chi connectivity index (χ4v) is 3.59. The molecule has 0 aromatic heterocycles. The van der Waals surface area contributed by atoms with Crippen LogP contribution in [0.5, 0.6) is 5.75 Å². The van der Waals surface area contributed by atoms with Crippen molar-refractivity contribution in [1.29, 1.82) is 0 Å². The van der Waals surface area contributed by atoms with Gasteiger partial charge in [-0.15, -0.1) is 0 Å².